The van der Waals surface area contributed by atoms with Crippen LogP contribution in [0.2, 0.25) is 0 Å². The van der Waals surface area contributed by atoms with Gasteiger partial charge in [-0.2, -0.15) is 0 Å². The number of carbonyl (C=O) groups is 1. The van der Waals surface area contributed by atoms with E-state index in [0.717, 1.165) is 11.3 Å². The zero-order valence-corrected chi connectivity index (χ0v) is 14.2. The molecule has 2 rings (SSSR count). The molecule has 0 spiro atoms. The SMILES string of the molecule is COCCOc1ccc(NC(=O)C(C)Oc2ccc(C)cc2)cc1. The molecule has 0 aliphatic heterocycles. The van der Waals surface area contributed by atoms with Gasteiger partial charge < -0.3 is 19.5 Å². The average Bonchev–Trinajstić information content (AvgIpc) is 2.58. The quantitative estimate of drug-likeness (QED) is 0.754. The third kappa shape index (κ3) is 5.59. The number of hydrogen-bond acceptors (Lipinski definition) is 4. The maximum absolute atomic E-state index is 12.2. The van der Waals surface area contributed by atoms with Crippen molar-refractivity contribution in [2.75, 3.05) is 25.6 Å². The van der Waals surface area contributed by atoms with Crippen LogP contribution in [0.15, 0.2) is 48.5 Å². The van der Waals surface area contributed by atoms with Gasteiger partial charge in [0.2, 0.25) is 0 Å². The largest absolute Gasteiger partial charge is 0.491 e. The summed E-state index contributed by atoms with van der Waals surface area (Å²) in [5, 5.41) is 2.82. The number of ether oxygens (including phenoxy) is 3. The van der Waals surface area contributed by atoms with Crippen molar-refractivity contribution in [3.05, 3.63) is 54.1 Å². The van der Waals surface area contributed by atoms with Crippen LogP contribution in [0.25, 0.3) is 0 Å². The standard InChI is InChI=1S/C19H23NO4/c1-14-4-8-18(9-5-14)24-15(2)19(21)20-16-6-10-17(11-7-16)23-13-12-22-3/h4-11,15H,12-13H2,1-3H3,(H,20,21). The summed E-state index contributed by atoms with van der Waals surface area (Å²) in [6, 6.07) is 14.8. The molecule has 0 bridgehead atoms. The van der Waals surface area contributed by atoms with Gasteiger partial charge in [-0.05, 0) is 50.2 Å². The van der Waals surface area contributed by atoms with Crippen LogP contribution in [0.4, 0.5) is 5.69 Å². The number of anilines is 1. The van der Waals surface area contributed by atoms with E-state index in [-0.39, 0.29) is 5.91 Å². The van der Waals surface area contributed by atoms with Gasteiger partial charge in [0.1, 0.15) is 18.1 Å². The van der Waals surface area contributed by atoms with E-state index in [0.29, 0.717) is 24.7 Å². The van der Waals surface area contributed by atoms with Crippen molar-refractivity contribution in [3.8, 4) is 11.5 Å². The number of rotatable bonds is 8. The van der Waals surface area contributed by atoms with Crippen molar-refractivity contribution < 1.29 is 19.0 Å². The second-order valence-corrected chi connectivity index (χ2v) is 5.43. The van der Waals surface area contributed by atoms with Gasteiger partial charge in [0, 0.05) is 12.8 Å². The van der Waals surface area contributed by atoms with Crippen molar-refractivity contribution in [3.63, 3.8) is 0 Å². The molecule has 0 aliphatic carbocycles. The first kappa shape index (κ1) is 17.8. The van der Waals surface area contributed by atoms with E-state index >= 15 is 0 Å². The maximum atomic E-state index is 12.2. The smallest absolute Gasteiger partial charge is 0.265 e. The van der Waals surface area contributed by atoms with Crippen LogP contribution < -0.4 is 14.8 Å². The molecule has 1 unspecified atom stereocenters. The second kappa shape index (κ2) is 8.93. The number of aryl methyl sites for hydroxylation is 1. The van der Waals surface area contributed by atoms with Crippen LogP contribution in [0, 0.1) is 6.92 Å². The minimum Gasteiger partial charge on any atom is -0.491 e. The molecule has 5 nitrogen and oxygen atoms in total. The normalized spacial score (nSPS) is 11.6. The Labute approximate surface area is 142 Å². The Bertz CT molecular complexity index is 637. The number of methoxy groups -OCH3 is 1. The molecule has 2 aromatic rings. The van der Waals surface area contributed by atoms with Gasteiger partial charge in [0.25, 0.3) is 5.91 Å². The minimum absolute atomic E-state index is 0.205. The molecule has 1 atom stereocenters. The summed E-state index contributed by atoms with van der Waals surface area (Å²) in [5.41, 5.74) is 1.84. The molecule has 1 N–H and O–H groups in total. The van der Waals surface area contributed by atoms with Crippen LogP contribution in [-0.4, -0.2) is 32.3 Å². The zero-order valence-electron chi connectivity index (χ0n) is 14.2. The van der Waals surface area contributed by atoms with E-state index < -0.39 is 6.10 Å². The lowest BCUT2D eigenvalue weighted by molar-refractivity contribution is -0.122. The fourth-order valence-corrected chi connectivity index (χ4v) is 2.00. The predicted molar refractivity (Wildman–Crippen MR) is 93.7 cm³/mol. The Kier molecular flexibility index (Phi) is 6.63. The van der Waals surface area contributed by atoms with Crippen molar-refractivity contribution in [2.45, 2.75) is 20.0 Å². The van der Waals surface area contributed by atoms with Gasteiger partial charge in [-0.1, -0.05) is 17.7 Å². The van der Waals surface area contributed by atoms with Crippen LogP contribution in [0.3, 0.4) is 0 Å². The van der Waals surface area contributed by atoms with Gasteiger partial charge in [0.05, 0.1) is 6.61 Å². The van der Waals surface area contributed by atoms with Gasteiger partial charge in [-0.25, -0.2) is 0 Å². The molecular formula is C19H23NO4. The average molecular weight is 329 g/mol. The summed E-state index contributed by atoms with van der Waals surface area (Å²) in [4.78, 5) is 12.2. The third-order valence-electron chi connectivity index (χ3n) is 3.38. The van der Waals surface area contributed by atoms with Crippen LogP contribution in [-0.2, 0) is 9.53 Å². The lowest BCUT2D eigenvalue weighted by Gasteiger charge is -2.15. The van der Waals surface area contributed by atoms with Crippen molar-refractivity contribution in [1.82, 2.24) is 0 Å². The van der Waals surface area contributed by atoms with Crippen LogP contribution in [0.1, 0.15) is 12.5 Å². The Morgan fingerprint density at radius 3 is 2.25 bits per heavy atom. The first-order valence-corrected chi connectivity index (χ1v) is 7.84. The van der Waals surface area contributed by atoms with Crippen molar-refractivity contribution in [1.29, 1.82) is 0 Å². The summed E-state index contributed by atoms with van der Waals surface area (Å²) in [5.74, 6) is 1.20. The molecule has 0 aliphatic rings. The fraction of sp³-hybridized carbons (Fsp3) is 0.316. The van der Waals surface area contributed by atoms with E-state index in [1.807, 2.05) is 31.2 Å². The summed E-state index contributed by atoms with van der Waals surface area (Å²) < 4.78 is 16.0. The first-order chi connectivity index (χ1) is 11.6. The third-order valence-corrected chi connectivity index (χ3v) is 3.38. The molecule has 0 aromatic heterocycles. The number of nitrogens with one attached hydrogen (secondary N) is 1. The highest BCUT2D eigenvalue weighted by molar-refractivity contribution is 5.94. The molecule has 0 fully saturated rings. The maximum Gasteiger partial charge on any atom is 0.265 e. The summed E-state index contributed by atoms with van der Waals surface area (Å²) in [6.45, 7) is 4.75. The second-order valence-electron chi connectivity index (χ2n) is 5.43. The molecule has 2 aromatic carbocycles. The monoisotopic (exact) mass is 329 g/mol. The van der Waals surface area contributed by atoms with Gasteiger partial charge in [-0.15, -0.1) is 0 Å². The first-order valence-electron chi connectivity index (χ1n) is 7.84. The highest BCUT2D eigenvalue weighted by atomic mass is 16.5. The van der Waals surface area contributed by atoms with E-state index in [9.17, 15) is 4.79 Å². The zero-order chi connectivity index (χ0) is 17.4. The van der Waals surface area contributed by atoms with E-state index in [2.05, 4.69) is 5.32 Å². The summed E-state index contributed by atoms with van der Waals surface area (Å²) in [6.07, 6.45) is -0.592. The molecule has 24 heavy (non-hydrogen) atoms. The molecule has 0 saturated carbocycles. The van der Waals surface area contributed by atoms with Crippen molar-refractivity contribution in [2.24, 2.45) is 0 Å². The van der Waals surface area contributed by atoms with Crippen molar-refractivity contribution >= 4 is 11.6 Å². The lowest BCUT2D eigenvalue weighted by Crippen LogP contribution is -2.30. The van der Waals surface area contributed by atoms with Gasteiger partial charge in [0.15, 0.2) is 6.10 Å². The molecule has 5 heteroatoms. The molecule has 128 valence electrons. The van der Waals surface area contributed by atoms with Crippen LogP contribution >= 0.6 is 0 Å². The highest BCUT2D eigenvalue weighted by Gasteiger charge is 2.14. The molecular weight excluding hydrogens is 306 g/mol. The molecule has 1 amide bonds. The molecule has 0 saturated heterocycles. The Balaban J connectivity index is 1.85. The fourth-order valence-electron chi connectivity index (χ4n) is 2.00. The number of benzene rings is 2. The number of amides is 1. The summed E-state index contributed by atoms with van der Waals surface area (Å²) in [7, 11) is 1.63. The minimum atomic E-state index is -0.592. The van der Waals surface area contributed by atoms with Gasteiger partial charge in [-0.3, -0.25) is 4.79 Å². The Morgan fingerprint density at radius 1 is 1.00 bits per heavy atom. The Hall–Kier alpha value is -2.53. The predicted octanol–water partition coefficient (Wildman–Crippen LogP) is 3.43. The number of carbonyl (C=O) groups excluding carboxylic acids is 1. The van der Waals surface area contributed by atoms with E-state index in [4.69, 9.17) is 14.2 Å². The Morgan fingerprint density at radius 2 is 1.62 bits per heavy atom. The van der Waals surface area contributed by atoms with E-state index in [1.165, 1.54) is 0 Å². The van der Waals surface area contributed by atoms with E-state index in [1.54, 1.807) is 38.3 Å². The molecule has 0 radical (unpaired) electrons. The van der Waals surface area contributed by atoms with Crippen LogP contribution in [0.5, 0.6) is 11.5 Å². The molecule has 0 heterocycles. The summed E-state index contributed by atoms with van der Waals surface area (Å²) >= 11 is 0. The topological polar surface area (TPSA) is 56.8 Å². The van der Waals surface area contributed by atoms with Gasteiger partial charge >= 0.3 is 0 Å². The number of hydrogen-bond donors (Lipinski definition) is 1. The lowest BCUT2D eigenvalue weighted by atomic mass is 10.2. The highest BCUT2D eigenvalue weighted by Crippen LogP contribution is 2.17.